The summed E-state index contributed by atoms with van der Waals surface area (Å²) in [6, 6.07) is 15.9. The van der Waals surface area contributed by atoms with Crippen molar-refractivity contribution < 1.29 is 27.5 Å². The topological polar surface area (TPSA) is 63.9 Å². The number of morpholine rings is 1. The summed E-state index contributed by atoms with van der Waals surface area (Å²) in [6.07, 6.45) is 0.593. The standard InChI is InChI=1S/C28H26F2N2O4/c1-31-28(33)26-22-16-25(35-13-10-18-2-6-20(29)7-3-18)23(32-11-14-34-15-12-32)17-24(22)36-27(26)19-4-8-21(30)9-5-19/h2-9,16-17H,10-15H2,1H3,(H,31,33). The molecule has 0 unspecified atom stereocenters. The van der Waals surface area contributed by atoms with Crippen molar-refractivity contribution in [1.29, 1.82) is 0 Å². The molecule has 1 aliphatic rings. The summed E-state index contributed by atoms with van der Waals surface area (Å²) in [7, 11) is 1.55. The average molecular weight is 493 g/mol. The van der Waals surface area contributed by atoms with Crippen LogP contribution in [0.3, 0.4) is 0 Å². The molecule has 1 saturated heterocycles. The average Bonchev–Trinajstić information content (AvgIpc) is 3.28. The number of carbonyl (C=O) groups excluding carboxylic acids is 1. The van der Waals surface area contributed by atoms with E-state index in [9.17, 15) is 13.6 Å². The van der Waals surface area contributed by atoms with Gasteiger partial charge in [0.15, 0.2) is 0 Å². The van der Waals surface area contributed by atoms with Crippen LogP contribution in [0.25, 0.3) is 22.3 Å². The third kappa shape index (κ3) is 4.90. The van der Waals surface area contributed by atoms with Crippen LogP contribution in [0.2, 0.25) is 0 Å². The molecule has 0 saturated carbocycles. The third-order valence-corrected chi connectivity index (χ3v) is 6.24. The van der Waals surface area contributed by atoms with Crippen molar-refractivity contribution in [2.75, 3.05) is 44.9 Å². The summed E-state index contributed by atoms with van der Waals surface area (Å²) in [5.41, 5.74) is 3.28. The van der Waals surface area contributed by atoms with Gasteiger partial charge in [0.2, 0.25) is 0 Å². The quantitative estimate of drug-likeness (QED) is 0.385. The predicted molar refractivity (Wildman–Crippen MR) is 134 cm³/mol. The highest BCUT2D eigenvalue weighted by Gasteiger charge is 2.25. The van der Waals surface area contributed by atoms with E-state index in [4.69, 9.17) is 13.9 Å². The summed E-state index contributed by atoms with van der Waals surface area (Å²) in [4.78, 5) is 15.1. The van der Waals surface area contributed by atoms with Gasteiger partial charge in [0.05, 0.1) is 31.1 Å². The van der Waals surface area contributed by atoms with Crippen LogP contribution >= 0.6 is 0 Å². The molecule has 8 heteroatoms. The number of rotatable bonds is 7. The first-order valence-corrected chi connectivity index (χ1v) is 11.8. The molecule has 1 N–H and O–H groups in total. The smallest absolute Gasteiger partial charge is 0.255 e. The zero-order chi connectivity index (χ0) is 25.1. The Balaban J connectivity index is 1.56. The molecule has 0 atom stereocenters. The van der Waals surface area contributed by atoms with Gasteiger partial charge in [-0.2, -0.15) is 0 Å². The van der Waals surface area contributed by atoms with Gasteiger partial charge in [-0.25, -0.2) is 8.78 Å². The van der Waals surface area contributed by atoms with Crippen LogP contribution in [-0.4, -0.2) is 45.9 Å². The normalized spacial score (nSPS) is 13.7. The first kappa shape index (κ1) is 23.8. The highest BCUT2D eigenvalue weighted by molar-refractivity contribution is 6.12. The van der Waals surface area contributed by atoms with Crippen LogP contribution in [0, 0.1) is 11.6 Å². The number of hydrogen-bond donors (Lipinski definition) is 1. The van der Waals surface area contributed by atoms with E-state index in [2.05, 4.69) is 10.2 Å². The third-order valence-electron chi connectivity index (χ3n) is 6.24. The second-order valence-electron chi connectivity index (χ2n) is 8.53. The summed E-state index contributed by atoms with van der Waals surface area (Å²) in [6.45, 7) is 2.93. The molecule has 0 radical (unpaired) electrons. The lowest BCUT2D eigenvalue weighted by Gasteiger charge is -2.30. The van der Waals surface area contributed by atoms with Crippen LogP contribution in [0.4, 0.5) is 14.5 Å². The molecule has 1 fully saturated rings. The van der Waals surface area contributed by atoms with Crippen molar-refractivity contribution in [3.63, 3.8) is 0 Å². The zero-order valence-corrected chi connectivity index (χ0v) is 19.9. The number of nitrogens with zero attached hydrogens (tertiary/aromatic N) is 1. The van der Waals surface area contributed by atoms with Gasteiger partial charge >= 0.3 is 0 Å². The maximum absolute atomic E-state index is 13.5. The van der Waals surface area contributed by atoms with E-state index in [-0.39, 0.29) is 17.5 Å². The van der Waals surface area contributed by atoms with Gasteiger partial charge in [-0.1, -0.05) is 12.1 Å². The van der Waals surface area contributed by atoms with Crippen molar-refractivity contribution in [2.45, 2.75) is 6.42 Å². The molecule has 186 valence electrons. The van der Waals surface area contributed by atoms with Crippen LogP contribution in [0.1, 0.15) is 15.9 Å². The van der Waals surface area contributed by atoms with Gasteiger partial charge in [0.1, 0.15) is 28.7 Å². The van der Waals surface area contributed by atoms with E-state index < -0.39 is 0 Å². The number of halogens is 2. The molecule has 3 aromatic carbocycles. The Morgan fingerprint density at radius 2 is 1.67 bits per heavy atom. The number of fused-ring (bicyclic) bond motifs is 1. The summed E-state index contributed by atoms with van der Waals surface area (Å²) >= 11 is 0. The Bertz CT molecular complexity index is 1360. The number of furan rings is 1. The fourth-order valence-corrected chi connectivity index (χ4v) is 4.36. The van der Waals surface area contributed by atoms with Gasteiger partial charge in [0.25, 0.3) is 5.91 Å². The minimum absolute atomic E-state index is 0.279. The predicted octanol–water partition coefficient (Wildman–Crippen LogP) is 5.20. The number of hydrogen-bond acceptors (Lipinski definition) is 5. The number of nitrogens with one attached hydrogen (secondary N) is 1. The van der Waals surface area contributed by atoms with Crippen molar-refractivity contribution in [3.05, 3.63) is 83.4 Å². The Morgan fingerprint density at radius 3 is 2.33 bits per heavy atom. The van der Waals surface area contributed by atoms with E-state index in [1.165, 1.54) is 24.3 Å². The molecule has 1 aromatic heterocycles. The van der Waals surface area contributed by atoms with Crippen molar-refractivity contribution in [3.8, 4) is 17.1 Å². The second-order valence-corrected chi connectivity index (χ2v) is 8.53. The lowest BCUT2D eigenvalue weighted by atomic mass is 10.0. The largest absolute Gasteiger partial charge is 0.491 e. The molecular weight excluding hydrogens is 466 g/mol. The van der Waals surface area contributed by atoms with Crippen LogP contribution < -0.4 is 15.0 Å². The lowest BCUT2D eigenvalue weighted by Crippen LogP contribution is -2.36. The molecular formula is C28H26F2N2O4. The molecule has 36 heavy (non-hydrogen) atoms. The first-order valence-electron chi connectivity index (χ1n) is 11.8. The highest BCUT2D eigenvalue weighted by atomic mass is 19.1. The van der Waals surface area contributed by atoms with Gasteiger partial charge in [-0.3, -0.25) is 4.79 Å². The summed E-state index contributed by atoms with van der Waals surface area (Å²) in [5, 5.41) is 3.28. The molecule has 1 amide bonds. The Hall–Kier alpha value is -3.91. The van der Waals surface area contributed by atoms with E-state index in [0.717, 1.165) is 11.3 Å². The minimum atomic E-state index is -0.372. The van der Waals surface area contributed by atoms with Crippen LogP contribution in [0.15, 0.2) is 65.1 Å². The van der Waals surface area contributed by atoms with Crippen molar-refractivity contribution in [1.82, 2.24) is 5.32 Å². The number of carbonyl (C=O) groups is 1. The molecule has 4 aromatic rings. The fourth-order valence-electron chi connectivity index (χ4n) is 4.36. The maximum atomic E-state index is 13.5. The molecule has 0 spiro atoms. The zero-order valence-electron chi connectivity index (χ0n) is 19.9. The van der Waals surface area contributed by atoms with Gasteiger partial charge in [-0.05, 0) is 48.0 Å². The Labute approximate surface area is 207 Å². The Morgan fingerprint density at radius 1 is 1.00 bits per heavy atom. The second kappa shape index (κ2) is 10.4. The molecule has 1 aliphatic heterocycles. The minimum Gasteiger partial charge on any atom is -0.491 e. The number of amides is 1. The van der Waals surface area contributed by atoms with E-state index >= 15 is 0 Å². The number of ether oxygens (including phenoxy) is 2. The highest BCUT2D eigenvalue weighted by Crippen LogP contribution is 2.40. The Kier molecular flexibility index (Phi) is 6.86. The molecule has 2 heterocycles. The van der Waals surface area contributed by atoms with Gasteiger partial charge in [0, 0.05) is 43.6 Å². The first-order chi connectivity index (χ1) is 17.5. The van der Waals surface area contributed by atoms with Crippen LogP contribution in [-0.2, 0) is 11.2 Å². The van der Waals surface area contributed by atoms with E-state index in [0.29, 0.717) is 72.9 Å². The SMILES string of the molecule is CNC(=O)c1c(-c2ccc(F)cc2)oc2cc(N3CCOCC3)c(OCCc3ccc(F)cc3)cc12. The van der Waals surface area contributed by atoms with Crippen molar-refractivity contribution >= 4 is 22.6 Å². The lowest BCUT2D eigenvalue weighted by molar-refractivity contribution is 0.0964. The maximum Gasteiger partial charge on any atom is 0.255 e. The summed E-state index contributed by atoms with van der Waals surface area (Å²) in [5.74, 6) is 0.00879. The van der Waals surface area contributed by atoms with E-state index in [1.54, 1.807) is 31.3 Å². The molecule has 0 bridgehead atoms. The molecule has 0 aliphatic carbocycles. The van der Waals surface area contributed by atoms with Gasteiger partial charge < -0.3 is 24.1 Å². The fraction of sp³-hybridized carbons (Fsp3) is 0.250. The van der Waals surface area contributed by atoms with Crippen LogP contribution in [0.5, 0.6) is 5.75 Å². The van der Waals surface area contributed by atoms with Gasteiger partial charge in [-0.15, -0.1) is 0 Å². The monoisotopic (exact) mass is 492 g/mol. The molecule has 5 rings (SSSR count). The number of anilines is 1. The van der Waals surface area contributed by atoms with E-state index in [1.807, 2.05) is 12.1 Å². The summed E-state index contributed by atoms with van der Waals surface area (Å²) < 4.78 is 44.7. The van der Waals surface area contributed by atoms with Crippen molar-refractivity contribution in [2.24, 2.45) is 0 Å². The number of benzene rings is 3. The molecule has 6 nitrogen and oxygen atoms in total.